The van der Waals surface area contributed by atoms with Gasteiger partial charge in [0.1, 0.15) is 6.61 Å². The molecule has 3 unspecified atom stereocenters. The molecule has 1 aromatic rings. The van der Waals surface area contributed by atoms with E-state index in [1.807, 2.05) is 18.2 Å². The molecule has 1 fully saturated rings. The van der Waals surface area contributed by atoms with E-state index < -0.39 is 6.10 Å². The quantitative estimate of drug-likeness (QED) is 0.875. The summed E-state index contributed by atoms with van der Waals surface area (Å²) < 4.78 is 5.71. The Labute approximate surface area is 126 Å². The molecule has 21 heavy (non-hydrogen) atoms. The van der Waals surface area contributed by atoms with Gasteiger partial charge in [-0.3, -0.25) is 4.79 Å². The summed E-state index contributed by atoms with van der Waals surface area (Å²) in [5.74, 6) is 0.518. The summed E-state index contributed by atoms with van der Waals surface area (Å²) in [5.41, 5.74) is 1.37. The number of aliphatic hydroxyl groups is 1. The number of hydrogen-bond donors (Lipinski definition) is 2. The van der Waals surface area contributed by atoms with E-state index in [9.17, 15) is 9.90 Å². The zero-order valence-corrected chi connectivity index (χ0v) is 12.8. The molecule has 0 saturated heterocycles. The van der Waals surface area contributed by atoms with Gasteiger partial charge in [0.2, 0.25) is 5.91 Å². The Bertz CT molecular complexity index is 473. The molecule has 1 aliphatic rings. The number of rotatable bonds is 5. The number of para-hydroxylation sites is 1. The Hall–Kier alpha value is -1.39. The SMILES string of the molecule is CC1CCCC(OCC(=O)Nc2ccccc2C(C)O)C1. The largest absolute Gasteiger partial charge is 0.389 e. The van der Waals surface area contributed by atoms with Gasteiger partial charge in [-0.05, 0) is 31.7 Å². The van der Waals surface area contributed by atoms with Crippen molar-refractivity contribution >= 4 is 11.6 Å². The van der Waals surface area contributed by atoms with Crippen molar-refractivity contribution in [1.82, 2.24) is 0 Å². The molecule has 0 aromatic heterocycles. The highest BCUT2D eigenvalue weighted by molar-refractivity contribution is 5.92. The molecule has 0 bridgehead atoms. The second kappa shape index (κ2) is 7.57. The van der Waals surface area contributed by atoms with Gasteiger partial charge < -0.3 is 15.2 Å². The van der Waals surface area contributed by atoms with E-state index in [4.69, 9.17) is 4.74 Å². The number of anilines is 1. The first-order valence-electron chi connectivity index (χ1n) is 7.74. The van der Waals surface area contributed by atoms with Crippen molar-refractivity contribution in [3.63, 3.8) is 0 Å². The van der Waals surface area contributed by atoms with Gasteiger partial charge >= 0.3 is 0 Å². The van der Waals surface area contributed by atoms with Crippen LogP contribution in [0.3, 0.4) is 0 Å². The fourth-order valence-electron chi connectivity index (χ4n) is 2.88. The van der Waals surface area contributed by atoms with Crippen molar-refractivity contribution in [3.8, 4) is 0 Å². The van der Waals surface area contributed by atoms with E-state index in [1.54, 1.807) is 13.0 Å². The Morgan fingerprint density at radius 2 is 2.19 bits per heavy atom. The lowest BCUT2D eigenvalue weighted by Crippen LogP contribution is -2.27. The second-order valence-corrected chi connectivity index (χ2v) is 6.02. The van der Waals surface area contributed by atoms with Crippen LogP contribution in [-0.4, -0.2) is 23.7 Å². The van der Waals surface area contributed by atoms with Crippen molar-refractivity contribution in [1.29, 1.82) is 0 Å². The van der Waals surface area contributed by atoms with E-state index in [2.05, 4.69) is 12.2 Å². The average Bonchev–Trinajstić information content (AvgIpc) is 2.45. The predicted molar refractivity (Wildman–Crippen MR) is 83.1 cm³/mol. The van der Waals surface area contributed by atoms with Crippen LogP contribution in [0.1, 0.15) is 51.2 Å². The standard InChI is InChI=1S/C17H25NO3/c1-12-6-5-7-14(10-12)21-11-17(20)18-16-9-4-3-8-15(16)13(2)19/h3-4,8-9,12-14,19H,5-7,10-11H2,1-2H3,(H,18,20). The molecule has 1 amide bonds. The maximum absolute atomic E-state index is 12.0. The molecule has 0 radical (unpaired) electrons. The molecule has 2 N–H and O–H groups in total. The summed E-state index contributed by atoms with van der Waals surface area (Å²) in [6.45, 7) is 3.99. The Morgan fingerprint density at radius 1 is 1.43 bits per heavy atom. The molecule has 0 spiro atoms. The topological polar surface area (TPSA) is 58.6 Å². The summed E-state index contributed by atoms with van der Waals surface area (Å²) in [6.07, 6.45) is 4.11. The van der Waals surface area contributed by atoms with Gasteiger partial charge in [0.15, 0.2) is 0 Å². The molecule has 2 rings (SSSR count). The van der Waals surface area contributed by atoms with Gasteiger partial charge in [-0.1, -0.05) is 38.0 Å². The lowest BCUT2D eigenvalue weighted by atomic mass is 9.89. The monoisotopic (exact) mass is 291 g/mol. The summed E-state index contributed by atoms with van der Waals surface area (Å²) >= 11 is 0. The second-order valence-electron chi connectivity index (χ2n) is 6.02. The van der Waals surface area contributed by atoms with Crippen LogP contribution in [0, 0.1) is 5.92 Å². The minimum Gasteiger partial charge on any atom is -0.389 e. The van der Waals surface area contributed by atoms with Crippen LogP contribution in [-0.2, 0) is 9.53 Å². The lowest BCUT2D eigenvalue weighted by molar-refractivity contribution is -0.123. The third-order valence-corrected chi connectivity index (χ3v) is 4.02. The molecule has 1 aliphatic carbocycles. The third-order valence-electron chi connectivity index (χ3n) is 4.02. The number of nitrogens with one attached hydrogen (secondary N) is 1. The smallest absolute Gasteiger partial charge is 0.250 e. The van der Waals surface area contributed by atoms with E-state index in [-0.39, 0.29) is 18.6 Å². The fraction of sp³-hybridized carbons (Fsp3) is 0.588. The normalized spacial score (nSPS) is 23.6. The molecular weight excluding hydrogens is 266 g/mol. The van der Waals surface area contributed by atoms with Gasteiger partial charge in [0.05, 0.1) is 12.2 Å². The van der Waals surface area contributed by atoms with Crippen molar-refractivity contribution < 1.29 is 14.6 Å². The molecular formula is C17H25NO3. The number of ether oxygens (including phenoxy) is 1. The average molecular weight is 291 g/mol. The summed E-state index contributed by atoms with van der Waals surface area (Å²) in [7, 11) is 0. The number of amides is 1. The maximum Gasteiger partial charge on any atom is 0.250 e. The van der Waals surface area contributed by atoms with Crippen molar-refractivity contribution in [3.05, 3.63) is 29.8 Å². The number of hydrogen-bond acceptors (Lipinski definition) is 3. The fourth-order valence-corrected chi connectivity index (χ4v) is 2.88. The first kappa shape index (κ1) is 16.0. The number of aliphatic hydroxyl groups excluding tert-OH is 1. The van der Waals surface area contributed by atoms with E-state index in [0.29, 0.717) is 11.6 Å². The number of benzene rings is 1. The van der Waals surface area contributed by atoms with Crippen molar-refractivity contribution in [2.24, 2.45) is 5.92 Å². The van der Waals surface area contributed by atoms with Crippen molar-refractivity contribution in [2.45, 2.75) is 51.7 Å². The van der Waals surface area contributed by atoms with Crippen LogP contribution >= 0.6 is 0 Å². The summed E-state index contributed by atoms with van der Waals surface area (Å²) in [4.78, 5) is 12.0. The van der Waals surface area contributed by atoms with Crippen LogP contribution in [0.4, 0.5) is 5.69 Å². The zero-order valence-electron chi connectivity index (χ0n) is 12.8. The zero-order chi connectivity index (χ0) is 15.2. The van der Waals surface area contributed by atoms with Gasteiger partial charge in [0.25, 0.3) is 0 Å². The van der Waals surface area contributed by atoms with Gasteiger partial charge in [-0.2, -0.15) is 0 Å². The highest BCUT2D eigenvalue weighted by Crippen LogP contribution is 2.26. The summed E-state index contributed by atoms with van der Waals surface area (Å²) in [6, 6.07) is 7.29. The molecule has 4 nitrogen and oxygen atoms in total. The first-order chi connectivity index (χ1) is 10.1. The minimum absolute atomic E-state index is 0.0749. The van der Waals surface area contributed by atoms with Crippen LogP contribution < -0.4 is 5.32 Å². The molecule has 1 aromatic carbocycles. The molecule has 1 saturated carbocycles. The Kier molecular flexibility index (Phi) is 5.76. The Balaban J connectivity index is 1.84. The van der Waals surface area contributed by atoms with E-state index in [1.165, 1.54) is 12.8 Å². The molecule has 4 heteroatoms. The lowest BCUT2D eigenvalue weighted by Gasteiger charge is -2.26. The van der Waals surface area contributed by atoms with E-state index >= 15 is 0 Å². The van der Waals surface area contributed by atoms with Crippen molar-refractivity contribution in [2.75, 3.05) is 11.9 Å². The number of carbonyl (C=O) groups excluding carboxylic acids is 1. The maximum atomic E-state index is 12.0. The van der Waals surface area contributed by atoms with Crippen LogP contribution in [0.5, 0.6) is 0 Å². The molecule has 3 atom stereocenters. The number of carbonyl (C=O) groups is 1. The van der Waals surface area contributed by atoms with Gasteiger partial charge in [-0.15, -0.1) is 0 Å². The minimum atomic E-state index is -0.610. The molecule has 0 heterocycles. The van der Waals surface area contributed by atoms with Crippen LogP contribution in [0.25, 0.3) is 0 Å². The van der Waals surface area contributed by atoms with Crippen LogP contribution in [0.2, 0.25) is 0 Å². The first-order valence-corrected chi connectivity index (χ1v) is 7.74. The highest BCUT2D eigenvalue weighted by Gasteiger charge is 2.20. The van der Waals surface area contributed by atoms with Gasteiger partial charge in [0, 0.05) is 11.3 Å². The predicted octanol–water partition coefficient (Wildman–Crippen LogP) is 3.27. The molecule has 116 valence electrons. The summed E-state index contributed by atoms with van der Waals surface area (Å²) in [5, 5.41) is 12.5. The highest BCUT2D eigenvalue weighted by atomic mass is 16.5. The molecule has 0 aliphatic heterocycles. The van der Waals surface area contributed by atoms with E-state index in [0.717, 1.165) is 18.4 Å². The van der Waals surface area contributed by atoms with Crippen LogP contribution in [0.15, 0.2) is 24.3 Å². The van der Waals surface area contributed by atoms with Gasteiger partial charge in [-0.25, -0.2) is 0 Å². The third kappa shape index (κ3) is 4.83. The Morgan fingerprint density at radius 3 is 2.90 bits per heavy atom.